The van der Waals surface area contributed by atoms with Gasteiger partial charge in [0.15, 0.2) is 5.16 Å². The number of aromatic nitrogens is 2. The van der Waals surface area contributed by atoms with Crippen molar-refractivity contribution in [2.45, 2.75) is 29.8 Å². The van der Waals surface area contributed by atoms with Gasteiger partial charge in [0.25, 0.3) is 5.56 Å². The summed E-state index contributed by atoms with van der Waals surface area (Å²) in [6.07, 6.45) is 2.11. The smallest absolute Gasteiger partial charge is 0.262 e. The van der Waals surface area contributed by atoms with Gasteiger partial charge in [0.1, 0.15) is 0 Å². The molecule has 1 heterocycles. The van der Waals surface area contributed by atoms with E-state index in [2.05, 4.69) is 0 Å². The minimum Gasteiger partial charge on any atom is -0.284 e. The second-order valence-electron chi connectivity index (χ2n) is 5.70. The van der Waals surface area contributed by atoms with Gasteiger partial charge in [0, 0.05) is 16.8 Å². The van der Waals surface area contributed by atoms with Gasteiger partial charge in [0.2, 0.25) is 0 Å². The van der Waals surface area contributed by atoms with Crippen LogP contribution < -0.4 is 5.56 Å². The molecule has 0 bridgehead atoms. The van der Waals surface area contributed by atoms with E-state index >= 15 is 0 Å². The lowest BCUT2D eigenvalue weighted by atomic mass is 10.2. The lowest BCUT2D eigenvalue weighted by Crippen LogP contribution is -2.22. The molecular formula is C18H15ClN2OS. The third-order valence-electron chi connectivity index (χ3n) is 4.00. The van der Waals surface area contributed by atoms with Gasteiger partial charge in [-0.05, 0) is 36.6 Å². The molecule has 1 fully saturated rings. The lowest BCUT2D eigenvalue weighted by molar-refractivity contribution is 0.618. The average Bonchev–Trinajstić information content (AvgIpc) is 3.39. The minimum atomic E-state index is 0.0692. The number of thioether (sulfide) groups is 1. The number of fused-ring (bicyclic) bond motifs is 1. The van der Waals surface area contributed by atoms with Crippen molar-refractivity contribution in [3.8, 4) is 0 Å². The fraction of sp³-hybridized carbons (Fsp3) is 0.222. The van der Waals surface area contributed by atoms with Gasteiger partial charge in [-0.2, -0.15) is 0 Å². The zero-order valence-corrected chi connectivity index (χ0v) is 14.0. The summed E-state index contributed by atoms with van der Waals surface area (Å²) in [6, 6.07) is 15.6. The van der Waals surface area contributed by atoms with E-state index in [1.165, 1.54) is 0 Å². The Morgan fingerprint density at radius 3 is 2.65 bits per heavy atom. The summed E-state index contributed by atoms with van der Waals surface area (Å²) in [5.41, 5.74) is 1.89. The van der Waals surface area contributed by atoms with Crippen molar-refractivity contribution in [3.63, 3.8) is 0 Å². The molecule has 4 rings (SSSR count). The Hall–Kier alpha value is -1.78. The van der Waals surface area contributed by atoms with Crippen LogP contribution in [0.2, 0.25) is 5.02 Å². The van der Waals surface area contributed by atoms with E-state index in [1.54, 1.807) is 11.8 Å². The Balaban J connectivity index is 1.75. The van der Waals surface area contributed by atoms with E-state index in [0.717, 1.165) is 34.1 Å². The van der Waals surface area contributed by atoms with Crippen LogP contribution in [-0.2, 0) is 5.75 Å². The van der Waals surface area contributed by atoms with Gasteiger partial charge in [-0.15, -0.1) is 0 Å². The minimum absolute atomic E-state index is 0.0692. The van der Waals surface area contributed by atoms with Crippen molar-refractivity contribution in [1.82, 2.24) is 9.55 Å². The molecule has 3 nitrogen and oxygen atoms in total. The zero-order valence-electron chi connectivity index (χ0n) is 12.4. The third-order valence-corrected chi connectivity index (χ3v) is 5.37. The van der Waals surface area contributed by atoms with E-state index in [-0.39, 0.29) is 5.56 Å². The summed E-state index contributed by atoms with van der Waals surface area (Å²) in [6.45, 7) is 0. The first-order chi connectivity index (χ1) is 11.2. The SMILES string of the molecule is O=c1c2ccccc2nc(SCc2ccccc2Cl)n1C1CC1. The molecule has 0 aliphatic heterocycles. The fourth-order valence-electron chi connectivity index (χ4n) is 2.64. The van der Waals surface area contributed by atoms with Crippen molar-refractivity contribution in [2.24, 2.45) is 0 Å². The highest BCUT2D eigenvalue weighted by molar-refractivity contribution is 7.98. The number of para-hydroxylation sites is 1. The summed E-state index contributed by atoms with van der Waals surface area (Å²) < 4.78 is 1.86. The van der Waals surface area contributed by atoms with Crippen LogP contribution in [0.3, 0.4) is 0 Å². The van der Waals surface area contributed by atoms with Crippen molar-refractivity contribution >= 4 is 34.3 Å². The van der Waals surface area contributed by atoms with Crippen LogP contribution in [0.25, 0.3) is 10.9 Å². The van der Waals surface area contributed by atoms with Crippen molar-refractivity contribution in [1.29, 1.82) is 0 Å². The maximum atomic E-state index is 12.8. The number of hydrogen-bond donors (Lipinski definition) is 0. The first kappa shape index (κ1) is 14.8. The molecule has 1 aliphatic rings. The first-order valence-electron chi connectivity index (χ1n) is 7.61. The number of halogens is 1. The molecule has 0 unspecified atom stereocenters. The maximum Gasteiger partial charge on any atom is 0.262 e. The monoisotopic (exact) mass is 342 g/mol. The van der Waals surface area contributed by atoms with Gasteiger partial charge in [-0.1, -0.05) is 53.7 Å². The van der Waals surface area contributed by atoms with E-state index in [0.29, 0.717) is 17.2 Å². The molecule has 1 aliphatic carbocycles. The summed E-state index contributed by atoms with van der Waals surface area (Å²) in [4.78, 5) is 17.5. The zero-order chi connectivity index (χ0) is 15.8. The van der Waals surface area contributed by atoms with Crippen LogP contribution in [0.15, 0.2) is 58.5 Å². The molecule has 0 amide bonds. The van der Waals surface area contributed by atoms with Crippen LogP contribution >= 0.6 is 23.4 Å². The van der Waals surface area contributed by atoms with Gasteiger partial charge in [-0.3, -0.25) is 9.36 Å². The Kier molecular flexibility index (Phi) is 3.87. The van der Waals surface area contributed by atoms with E-state index in [1.807, 2.05) is 53.1 Å². The fourth-order valence-corrected chi connectivity index (χ4v) is 3.99. The standard InChI is InChI=1S/C18H15ClN2OS/c19-15-7-3-1-5-12(15)11-23-18-20-16-8-4-2-6-14(16)17(22)21(18)13-9-10-13/h1-8,13H,9-11H2. The summed E-state index contributed by atoms with van der Waals surface area (Å²) in [5.74, 6) is 0.706. The number of benzene rings is 2. The molecule has 23 heavy (non-hydrogen) atoms. The maximum absolute atomic E-state index is 12.8. The van der Waals surface area contributed by atoms with Crippen LogP contribution in [0.5, 0.6) is 0 Å². The molecule has 0 N–H and O–H groups in total. The highest BCUT2D eigenvalue weighted by Gasteiger charge is 2.28. The summed E-state index contributed by atoms with van der Waals surface area (Å²) in [7, 11) is 0. The second kappa shape index (κ2) is 6.02. The molecule has 5 heteroatoms. The van der Waals surface area contributed by atoms with Crippen LogP contribution in [0, 0.1) is 0 Å². The summed E-state index contributed by atoms with van der Waals surface area (Å²) in [5, 5.41) is 2.23. The Labute approximate surface area is 143 Å². The predicted octanol–water partition coefficient (Wildman–Crippen LogP) is 4.68. The number of rotatable bonds is 4. The topological polar surface area (TPSA) is 34.9 Å². The molecule has 0 saturated heterocycles. The quantitative estimate of drug-likeness (QED) is 0.510. The largest absolute Gasteiger partial charge is 0.284 e. The molecule has 3 aromatic rings. The Morgan fingerprint density at radius 2 is 1.87 bits per heavy atom. The van der Waals surface area contributed by atoms with Crippen molar-refractivity contribution in [2.75, 3.05) is 0 Å². The molecule has 2 aromatic carbocycles. The lowest BCUT2D eigenvalue weighted by Gasteiger charge is -2.12. The number of nitrogens with zero attached hydrogens (tertiary/aromatic N) is 2. The van der Waals surface area contributed by atoms with Crippen LogP contribution in [0.1, 0.15) is 24.4 Å². The molecule has 0 atom stereocenters. The van der Waals surface area contributed by atoms with Gasteiger partial charge >= 0.3 is 0 Å². The van der Waals surface area contributed by atoms with E-state index < -0.39 is 0 Å². The average molecular weight is 343 g/mol. The summed E-state index contributed by atoms with van der Waals surface area (Å²) >= 11 is 7.81. The number of hydrogen-bond acceptors (Lipinski definition) is 3. The Morgan fingerprint density at radius 1 is 1.13 bits per heavy atom. The molecular weight excluding hydrogens is 328 g/mol. The van der Waals surface area contributed by atoms with Crippen LogP contribution in [-0.4, -0.2) is 9.55 Å². The van der Waals surface area contributed by atoms with Crippen molar-refractivity contribution < 1.29 is 0 Å². The van der Waals surface area contributed by atoms with Crippen LogP contribution in [0.4, 0.5) is 0 Å². The molecule has 0 radical (unpaired) electrons. The first-order valence-corrected chi connectivity index (χ1v) is 8.98. The highest BCUT2D eigenvalue weighted by Crippen LogP contribution is 2.37. The predicted molar refractivity (Wildman–Crippen MR) is 95.3 cm³/mol. The second-order valence-corrected chi connectivity index (χ2v) is 7.05. The van der Waals surface area contributed by atoms with Crippen molar-refractivity contribution in [3.05, 3.63) is 69.5 Å². The molecule has 0 spiro atoms. The van der Waals surface area contributed by atoms with Gasteiger partial charge in [-0.25, -0.2) is 4.98 Å². The highest BCUT2D eigenvalue weighted by atomic mass is 35.5. The van der Waals surface area contributed by atoms with Gasteiger partial charge < -0.3 is 0 Å². The Bertz CT molecular complexity index is 934. The van der Waals surface area contributed by atoms with E-state index in [9.17, 15) is 4.79 Å². The van der Waals surface area contributed by atoms with E-state index in [4.69, 9.17) is 16.6 Å². The third kappa shape index (κ3) is 2.89. The molecule has 1 saturated carbocycles. The molecule has 1 aromatic heterocycles. The molecule has 116 valence electrons. The normalized spacial score (nSPS) is 14.3. The van der Waals surface area contributed by atoms with Gasteiger partial charge in [0.05, 0.1) is 10.9 Å².